The molecule has 0 aliphatic rings. The summed E-state index contributed by atoms with van der Waals surface area (Å²) in [5.74, 6) is 5.44. The monoisotopic (exact) mass is 283 g/mol. The van der Waals surface area contributed by atoms with Crippen LogP contribution < -0.4 is 0 Å². The molecular formula is C16H17N3O2. The van der Waals surface area contributed by atoms with E-state index in [2.05, 4.69) is 16.9 Å². The van der Waals surface area contributed by atoms with Crippen molar-refractivity contribution < 1.29 is 9.90 Å². The molecule has 0 saturated heterocycles. The number of hydrogen-bond acceptors (Lipinski definition) is 3. The predicted molar refractivity (Wildman–Crippen MR) is 79.4 cm³/mol. The lowest BCUT2D eigenvalue weighted by Gasteiger charge is -2.17. The Morgan fingerprint density at radius 1 is 1.43 bits per heavy atom. The number of aliphatic hydroxyl groups excluding tert-OH is 1. The van der Waals surface area contributed by atoms with Crippen molar-refractivity contribution in [3.63, 3.8) is 0 Å². The van der Waals surface area contributed by atoms with Gasteiger partial charge in [-0.25, -0.2) is 0 Å². The maximum atomic E-state index is 12.3. The summed E-state index contributed by atoms with van der Waals surface area (Å²) in [5.41, 5.74) is 2.31. The maximum absolute atomic E-state index is 12.3. The van der Waals surface area contributed by atoms with Gasteiger partial charge in [-0.15, -0.1) is 0 Å². The van der Waals surface area contributed by atoms with Gasteiger partial charge in [0.2, 0.25) is 0 Å². The van der Waals surface area contributed by atoms with E-state index >= 15 is 0 Å². The first-order valence-electron chi connectivity index (χ1n) is 6.53. The molecule has 1 aromatic heterocycles. The Labute approximate surface area is 123 Å². The lowest BCUT2D eigenvalue weighted by atomic mass is 10.1. The van der Waals surface area contributed by atoms with Gasteiger partial charge in [0.25, 0.3) is 5.91 Å². The lowest BCUT2D eigenvalue weighted by Crippen LogP contribution is -2.26. The summed E-state index contributed by atoms with van der Waals surface area (Å²) in [6, 6.07) is 7.59. The topological polar surface area (TPSA) is 58.4 Å². The van der Waals surface area contributed by atoms with E-state index in [0.717, 1.165) is 11.1 Å². The van der Waals surface area contributed by atoms with Crippen LogP contribution in [0.3, 0.4) is 0 Å². The fourth-order valence-corrected chi connectivity index (χ4v) is 1.99. The van der Waals surface area contributed by atoms with Crippen molar-refractivity contribution in [2.75, 3.05) is 13.7 Å². The molecule has 0 bridgehead atoms. The first kappa shape index (κ1) is 14.8. The second kappa shape index (κ2) is 6.73. The molecule has 1 amide bonds. The van der Waals surface area contributed by atoms with E-state index in [1.54, 1.807) is 36.1 Å². The Morgan fingerprint density at radius 2 is 2.19 bits per heavy atom. The maximum Gasteiger partial charge on any atom is 0.257 e. The van der Waals surface area contributed by atoms with Crippen LogP contribution in [-0.4, -0.2) is 39.3 Å². The van der Waals surface area contributed by atoms with Crippen LogP contribution in [0.2, 0.25) is 0 Å². The Kier molecular flexibility index (Phi) is 4.75. The first-order valence-corrected chi connectivity index (χ1v) is 6.53. The van der Waals surface area contributed by atoms with Crippen molar-refractivity contribution >= 4 is 5.91 Å². The highest BCUT2D eigenvalue weighted by molar-refractivity contribution is 5.93. The molecule has 5 nitrogen and oxygen atoms in total. The molecule has 1 aromatic carbocycles. The molecule has 2 aromatic rings. The molecule has 0 atom stereocenters. The van der Waals surface area contributed by atoms with Crippen molar-refractivity contribution in [1.82, 2.24) is 14.7 Å². The third-order valence-electron chi connectivity index (χ3n) is 3.03. The predicted octanol–water partition coefficient (Wildman–Crippen LogP) is 1.04. The van der Waals surface area contributed by atoms with E-state index in [4.69, 9.17) is 5.11 Å². The number of nitrogens with zero attached hydrogens (tertiary/aromatic N) is 3. The minimum Gasteiger partial charge on any atom is -0.384 e. The molecule has 0 unspecified atom stereocenters. The summed E-state index contributed by atoms with van der Waals surface area (Å²) in [6.07, 6.45) is 3.24. The van der Waals surface area contributed by atoms with Gasteiger partial charge in [0.05, 0.1) is 11.8 Å². The van der Waals surface area contributed by atoms with Gasteiger partial charge in [0.15, 0.2) is 0 Å². The first-order chi connectivity index (χ1) is 10.1. The molecule has 21 heavy (non-hydrogen) atoms. The normalized spacial score (nSPS) is 9.86. The number of rotatable bonds is 3. The zero-order valence-corrected chi connectivity index (χ0v) is 12.1. The van der Waals surface area contributed by atoms with Crippen LogP contribution in [-0.2, 0) is 13.6 Å². The molecule has 0 radical (unpaired) electrons. The molecule has 0 fully saturated rings. The van der Waals surface area contributed by atoms with Crippen molar-refractivity contribution in [3.8, 4) is 11.8 Å². The Balaban J connectivity index is 2.16. The van der Waals surface area contributed by atoms with Gasteiger partial charge >= 0.3 is 0 Å². The lowest BCUT2D eigenvalue weighted by molar-refractivity contribution is 0.0785. The summed E-state index contributed by atoms with van der Waals surface area (Å²) < 4.78 is 1.60. The summed E-state index contributed by atoms with van der Waals surface area (Å²) in [6.45, 7) is 0.267. The van der Waals surface area contributed by atoms with Crippen molar-refractivity contribution in [3.05, 3.63) is 53.3 Å². The van der Waals surface area contributed by atoms with Gasteiger partial charge in [0, 0.05) is 32.4 Å². The van der Waals surface area contributed by atoms with E-state index in [0.29, 0.717) is 12.1 Å². The summed E-state index contributed by atoms with van der Waals surface area (Å²) in [5, 5.41) is 12.8. The van der Waals surface area contributed by atoms with Gasteiger partial charge in [-0.2, -0.15) is 5.10 Å². The number of benzene rings is 1. The fraction of sp³-hybridized carbons (Fsp3) is 0.250. The second-order valence-corrected chi connectivity index (χ2v) is 4.68. The molecule has 108 valence electrons. The molecular weight excluding hydrogens is 266 g/mol. The van der Waals surface area contributed by atoms with Crippen LogP contribution >= 0.6 is 0 Å². The molecule has 0 aliphatic heterocycles. The molecule has 5 heteroatoms. The van der Waals surface area contributed by atoms with E-state index in [1.165, 1.54) is 0 Å². The van der Waals surface area contributed by atoms with Gasteiger partial charge < -0.3 is 10.0 Å². The van der Waals surface area contributed by atoms with Crippen molar-refractivity contribution in [2.45, 2.75) is 6.54 Å². The van der Waals surface area contributed by atoms with Crippen molar-refractivity contribution in [1.29, 1.82) is 0 Å². The zero-order valence-electron chi connectivity index (χ0n) is 12.1. The van der Waals surface area contributed by atoms with Crippen LogP contribution in [0, 0.1) is 11.8 Å². The van der Waals surface area contributed by atoms with Crippen LogP contribution in [0.15, 0.2) is 36.7 Å². The van der Waals surface area contributed by atoms with Crippen LogP contribution in [0.4, 0.5) is 0 Å². The highest BCUT2D eigenvalue weighted by atomic mass is 16.2. The van der Waals surface area contributed by atoms with Crippen LogP contribution in [0.25, 0.3) is 0 Å². The van der Waals surface area contributed by atoms with Gasteiger partial charge in [-0.05, 0) is 11.6 Å². The highest BCUT2D eigenvalue weighted by Crippen LogP contribution is 2.12. The average molecular weight is 283 g/mol. The smallest absolute Gasteiger partial charge is 0.257 e. The zero-order chi connectivity index (χ0) is 15.2. The summed E-state index contributed by atoms with van der Waals surface area (Å²) in [7, 11) is 3.52. The molecule has 1 N–H and O–H groups in total. The Morgan fingerprint density at radius 3 is 2.86 bits per heavy atom. The van der Waals surface area contributed by atoms with Crippen molar-refractivity contribution in [2.24, 2.45) is 7.05 Å². The highest BCUT2D eigenvalue weighted by Gasteiger charge is 2.14. The summed E-state index contributed by atoms with van der Waals surface area (Å²) in [4.78, 5) is 13.9. The molecule has 0 saturated carbocycles. The van der Waals surface area contributed by atoms with E-state index in [1.807, 2.05) is 24.3 Å². The summed E-state index contributed by atoms with van der Waals surface area (Å²) >= 11 is 0. The Hall–Kier alpha value is -2.58. The van der Waals surface area contributed by atoms with E-state index in [-0.39, 0.29) is 12.5 Å². The minimum absolute atomic E-state index is 0.0898. The van der Waals surface area contributed by atoms with E-state index in [9.17, 15) is 4.79 Å². The number of aryl methyl sites for hydroxylation is 1. The standard InChI is InChI=1S/C16H17N3O2/c1-18(16(21)15-10-17-19(2)12-15)11-14-7-4-3-6-13(14)8-5-9-20/h3-4,6-7,10,12,20H,9,11H2,1-2H3. The number of aromatic nitrogens is 2. The molecule has 0 spiro atoms. The minimum atomic E-state index is -0.182. The third-order valence-corrected chi connectivity index (χ3v) is 3.03. The number of hydrogen-bond donors (Lipinski definition) is 1. The largest absolute Gasteiger partial charge is 0.384 e. The Bertz CT molecular complexity index is 695. The fourth-order valence-electron chi connectivity index (χ4n) is 1.99. The number of amides is 1. The number of carbonyl (C=O) groups excluding carboxylic acids is 1. The van der Waals surface area contributed by atoms with Gasteiger partial charge in [-0.1, -0.05) is 30.0 Å². The second-order valence-electron chi connectivity index (χ2n) is 4.68. The number of aliphatic hydroxyl groups is 1. The molecule has 2 rings (SSSR count). The van der Waals surface area contributed by atoms with Crippen LogP contribution in [0.1, 0.15) is 21.5 Å². The third kappa shape index (κ3) is 3.71. The average Bonchev–Trinajstić information content (AvgIpc) is 2.92. The SMILES string of the molecule is CN(Cc1ccccc1C#CCO)C(=O)c1cnn(C)c1. The van der Waals surface area contributed by atoms with Crippen LogP contribution in [0.5, 0.6) is 0 Å². The molecule has 1 heterocycles. The quantitative estimate of drug-likeness (QED) is 0.856. The van der Waals surface area contributed by atoms with Gasteiger partial charge in [0.1, 0.15) is 6.61 Å². The van der Waals surface area contributed by atoms with Gasteiger partial charge in [-0.3, -0.25) is 9.48 Å². The number of carbonyl (C=O) groups is 1. The molecule has 0 aliphatic carbocycles. The van der Waals surface area contributed by atoms with E-state index < -0.39 is 0 Å².